The average molecular weight is 364 g/mol. The standard InChI is InChI=1S/C22H28N4O/c1-16-4-2-3-5-21(16)26-13-18(10-23-26)11-24-14-19-8-9-20(15-24)25(22(19)27)12-17-6-7-17/h2-5,10,13,17,19-20H,6-9,11-12,14-15H2,1H3/t19-,20+/m1/s1. The van der Waals surface area contributed by atoms with Crippen molar-refractivity contribution < 1.29 is 4.79 Å². The molecule has 1 aromatic carbocycles. The SMILES string of the molecule is Cc1ccccc1-n1cc(CN2C[C@H]3CC[C@@H](C2)N(CC2CC2)C3=O)cn1. The van der Waals surface area contributed by atoms with Gasteiger partial charge in [0.1, 0.15) is 0 Å². The molecule has 1 aliphatic carbocycles. The van der Waals surface area contributed by atoms with E-state index in [1.54, 1.807) is 0 Å². The maximum atomic E-state index is 12.9. The van der Waals surface area contributed by atoms with E-state index in [1.807, 2.05) is 10.9 Å². The molecule has 1 saturated carbocycles. The lowest BCUT2D eigenvalue weighted by Crippen LogP contribution is -2.48. The summed E-state index contributed by atoms with van der Waals surface area (Å²) in [5, 5.41) is 4.58. The fraction of sp³-hybridized carbons (Fsp3) is 0.545. The molecule has 2 bridgehead atoms. The minimum absolute atomic E-state index is 0.189. The minimum atomic E-state index is 0.189. The molecule has 2 aromatic rings. The molecule has 6 rings (SSSR count). The lowest BCUT2D eigenvalue weighted by Gasteiger charge is -2.36. The van der Waals surface area contributed by atoms with Crippen molar-refractivity contribution in [2.45, 2.75) is 45.2 Å². The van der Waals surface area contributed by atoms with Gasteiger partial charge in [0, 0.05) is 44.0 Å². The third kappa shape index (κ3) is 3.41. The fourth-order valence-electron chi connectivity index (χ4n) is 4.73. The lowest BCUT2D eigenvalue weighted by atomic mass is 9.94. The molecule has 27 heavy (non-hydrogen) atoms. The van der Waals surface area contributed by atoms with E-state index in [9.17, 15) is 4.79 Å². The molecule has 2 atom stereocenters. The number of carbonyl (C=O) groups is 1. The molecule has 4 heterocycles. The van der Waals surface area contributed by atoms with E-state index in [2.05, 4.69) is 52.3 Å². The minimum Gasteiger partial charge on any atom is -0.338 e. The van der Waals surface area contributed by atoms with Gasteiger partial charge < -0.3 is 4.90 Å². The van der Waals surface area contributed by atoms with Crippen LogP contribution < -0.4 is 0 Å². The van der Waals surface area contributed by atoms with Gasteiger partial charge in [0.2, 0.25) is 5.91 Å². The molecule has 5 nitrogen and oxygen atoms in total. The second kappa shape index (κ2) is 6.79. The smallest absolute Gasteiger partial charge is 0.227 e. The highest BCUT2D eigenvalue weighted by molar-refractivity contribution is 5.80. The number of aryl methyl sites for hydroxylation is 1. The van der Waals surface area contributed by atoms with E-state index in [0.29, 0.717) is 11.9 Å². The normalized spacial score (nSPS) is 25.8. The summed E-state index contributed by atoms with van der Waals surface area (Å²) in [5.41, 5.74) is 3.58. The number of rotatable bonds is 5. The Morgan fingerprint density at radius 2 is 1.96 bits per heavy atom. The zero-order valence-electron chi connectivity index (χ0n) is 16.1. The quantitative estimate of drug-likeness (QED) is 0.819. The maximum absolute atomic E-state index is 12.9. The molecule has 0 unspecified atom stereocenters. The van der Waals surface area contributed by atoms with Gasteiger partial charge in [-0.1, -0.05) is 18.2 Å². The van der Waals surface area contributed by atoms with Gasteiger partial charge in [0.05, 0.1) is 17.8 Å². The van der Waals surface area contributed by atoms with E-state index < -0.39 is 0 Å². The number of nitrogens with zero attached hydrogens (tertiary/aromatic N) is 4. The van der Waals surface area contributed by atoms with Gasteiger partial charge in [-0.3, -0.25) is 9.69 Å². The van der Waals surface area contributed by atoms with Crippen LogP contribution in [0.25, 0.3) is 5.69 Å². The highest BCUT2D eigenvalue weighted by Crippen LogP contribution is 2.35. The Morgan fingerprint density at radius 1 is 1.11 bits per heavy atom. The first-order valence-corrected chi connectivity index (χ1v) is 10.3. The lowest BCUT2D eigenvalue weighted by molar-refractivity contribution is -0.140. The fourth-order valence-corrected chi connectivity index (χ4v) is 4.73. The van der Waals surface area contributed by atoms with Crippen LogP contribution in [0.1, 0.15) is 36.8 Å². The summed E-state index contributed by atoms with van der Waals surface area (Å²) in [6.45, 7) is 5.89. The van der Waals surface area contributed by atoms with Crippen LogP contribution in [-0.4, -0.2) is 51.2 Å². The van der Waals surface area contributed by atoms with E-state index in [-0.39, 0.29) is 5.92 Å². The third-order valence-corrected chi connectivity index (χ3v) is 6.43. The van der Waals surface area contributed by atoms with Crippen molar-refractivity contribution in [1.29, 1.82) is 0 Å². The van der Waals surface area contributed by atoms with Gasteiger partial charge in [0.25, 0.3) is 0 Å². The van der Waals surface area contributed by atoms with Crippen molar-refractivity contribution in [3.63, 3.8) is 0 Å². The molecular weight excluding hydrogens is 336 g/mol. The van der Waals surface area contributed by atoms with Gasteiger partial charge in [-0.25, -0.2) is 4.68 Å². The summed E-state index contributed by atoms with van der Waals surface area (Å²) in [6, 6.07) is 8.73. The predicted molar refractivity (Wildman–Crippen MR) is 105 cm³/mol. The van der Waals surface area contributed by atoms with E-state index in [4.69, 9.17) is 0 Å². The number of hydrogen-bond donors (Lipinski definition) is 0. The van der Waals surface area contributed by atoms with Crippen molar-refractivity contribution in [2.24, 2.45) is 11.8 Å². The van der Waals surface area contributed by atoms with Crippen molar-refractivity contribution in [3.8, 4) is 5.69 Å². The maximum Gasteiger partial charge on any atom is 0.227 e. The second-order valence-electron chi connectivity index (χ2n) is 8.64. The second-order valence-corrected chi connectivity index (χ2v) is 8.64. The monoisotopic (exact) mass is 364 g/mol. The first-order chi connectivity index (χ1) is 13.2. The zero-order chi connectivity index (χ0) is 18.4. The highest BCUT2D eigenvalue weighted by Gasteiger charge is 2.42. The molecule has 0 N–H and O–H groups in total. The number of amides is 1. The Labute approximate surface area is 161 Å². The Morgan fingerprint density at radius 3 is 2.78 bits per heavy atom. The predicted octanol–water partition coefficient (Wildman–Crippen LogP) is 3.01. The van der Waals surface area contributed by atoms with Crippen molar-refractivity contribution in [2.75, 3.05) is 19.6 Å². The Bertz CT molecular complexity index is 840. The molecule has 0 spiro atoms. The molecule has 4 aliphatic rings. The van der Waals surface area contributed by atoms with Gasteiger partial charge in [0.15, 0.2) is 0 Å². The summed E-state index contributed by atoms with van der Waals surface area (Å²) in [4.78, 5) is 17.6. The van der Waals surface area contributed by atoms with Crippen LogP contribution in [0.2, 0.25) is 0 Å². The van der Waals surface area contributed by atoms with Crippen LogP contribution in [0.5, 0.6) is 0 Å². The molecule has 3 aliphatic heterocycles. The third-order valence-electron chi connectivity index (χ3n) is 6.43. The Kier molecular flexibility index (Phi) is 4.27. The van der Waals surface area contributed by atoms with Crippen LogP contribution >= 0.6 is 0 Å². The average Bonchev–Trinajstić information content (AvgIpc) is 3.42. The topological polar surface area (TPSA) is 41.4 Å². The molecule has 1 amide bonds. The Hall–Kier alpha value is -2.14. The summed E-state index contributed by atoms with van der Waals surface area (Å²) in [7, 11) is 0. The van der Waals surface area contributed by atoms with Crippen molar-refractivity contribution >= 4 is 5.91 Å². The van der Waals surface area contributed by atoms with Gasteiger partial charge in [-0.2, -0.15) is 5.10 Å². The number of aromatic nitrogens is 2. The first-order valence-electron chi connectivity index (χ1n) is 10.3. The number of fused-ring (bicyclic) bond motifs is 4. The number of carbonyl (C=O) groups excluding carboxylic acids is 1. The largest absolute Gasteiger partial charge is 0.338 e. The number of para-hydroxylation sites is 1. The van der Waals surface area contributed by atoms with Crippen LogP contribution in [0.4, 0.5) is 0 Å². The summed E-state index contributed by atoms with van der Waals surface area (Å²) in [5.74, 6) is 1.37. The summed E-state index contributed by atoms with van der Waals surface area (Å²) >= 11 is 0. The molecule has 0 radical (unpaired) electrons. The van der Waals surface area contributed by atoms with Gasteiger partial charge in [-0.05, 0) is 50.2 Å². The zero-order valence-corrected chi connectivity index (χ0v) is 16.1. The van der Waals surface area contributed by atoms with Crippen LogP contribution in [0.3, 0.4) is 0 Å². The van der Waals surface area contributed by atoms with Crippen LogP contribution in [0, 0.1) is 18.8 Å². The van der Waals surface area contributed by atoms with Crippen molar-refractivity contribution in [3.05, 3.63) is 47.8 Å². The molecule has 1 aromatic heterocycles. The van der Waals surface area contributed by atoms with E-state index in [0.717, 1.165) is 44.2 Å². The summed E-state index contributed by atoms with van der Waals surface area (Å²) in [6.07, 6.45) is 8.96. The van der Waals surface area contributed by atoms with Crippen LogP contribution in [0.15, 0.2) is 36.7 Å². The van der Waals surface area contributed by atoms with Crippen molar-refractivity contribution in [1.82, 2.24) is 19.6 Å². The first kappa shape index (κ1) is 17.0. The number of benzene rings is 1. The number of hydrogen-bond acceptors (Lipinski definition) is 3. The molecular formula is C22H28N4O. The highest BCUT2D eigenvalue weighted by atomic mass is 16.2. The molecule has 5 heteroatoms. The molecule has 3 saturated heterocycles. The number of piperidine rings is 1. The molecule has 4 fully saturated rings. The van der Waals surface area contributed by atoms with Gasteiger partial charge >= 0.3 is 0 Å². The molecule has 142 valence electrons. The van der Waals surface area contributed by atoms with Gasteiger partial charge in [-0.15, -0.1) is 0 Å². The van der Waals surface area contributed by atoms with Crippen LogP contribution in [-0.2, 0) is 11.3 Å². The summed E-state index contributed by atoms with van der Waals surface area (Å²) < 4.78 is 1.97. The van der Waals surface area contributed by atoms with E-state index >= 15 is 0 Å². The Balaban J connectivity index is 1.30. The van der Waals surface area contributed by atoms with E-state index in [1.165, 1.54) is 30.4 Å².